The summed E-state index contributed by atoms with van der Waals surface area (Å²) in [5.74, 6) is 0.817. The van der Waals surface area contributed by atoms with E-state index in [1.54, 1.807) is 24.3 Å². The molecule has 13 nitrogen and oxygen atoms in total. The Morgan fingerprint density at radius 1 is 0.944 bits per heavy atom. The Morgan fingerprint density at radius 3 is 2.35 bits per heavy atom. The van der Waals surface area contributed by atoms with E-state index < -0.39 is 17.0 Å². The molecule has 2 aromatic carbocycles. The van der Waals surface area contributed by atoms with Crippen molar-refractivity contribution >= 4 is 58.0 Å². The first-order valence-corrected chi connectivity index (χ1v) is 20.6. The number of halogens is 1. The molecule has 288 valence electrons. The molecule has 7 rings (SSSR count). The molecular weight excluding hydrogens is 726 g/mol. The van der Waals surface area contributed by atoms with Crippen LogP contribution in [0.15, 0.2) is 59.8 Å². The van der Waals surface area contributed by atoms with Crippen LogP contribution >= 0.6 is 11.6 Å². The second kappa shape index (κ2) is 17.6. The van der Waals surface area contributed by atoms with Crippen molar-refractivity contribution in [3.63, 3.8) is 0 Å². The van der Waals surface area contributed by atoms with Crippen LogP contribution in [0, 0.1) is 5.92 Å². The summed E-state index contributed by atoms with van der Waals surface area (Å²) in [6.45, 7) is 8.74. The SMILES string of the molecule is CNC(=O)C(CCC=O)N1Cc2cc(N3CCN(CC4CCN(c5cccc(S(=O)N6CCC(Nc7ncc(Cl)cn7)CC6)c5)CC4)CC3)ccc2C1=O. The molecule has 3 fully saturated rings. The van der Waals surface area contributed by atoms with E-state index in [1.807, 2.05) is 24.3 Å². The third kappa shape index (κ3) is 8.88. The Balaban J connectivity index is 0.852. The van der Waals surface area contributed by atoms with E-state index in [9.17, 15) is 18.6 Å². The van der Waals surface area contributed by atoms with Crippen molar-refractivity contribution in [1.82, 2.24) is 29.4 Å². The highest BCUT2D eigenvalue weighted by atomic mass is 35.5. The summed E-state index contributed by atoms with van der Waals surface area (Å²) in [4.78, 5) is 55.1. The Kier molecular flexibility index (Phi) is 12.4. The molecule has 0 bridgehead atoms. The molecule has 0 saturated carbocycles. The maximum atomic E-state index is 13.6. The number of aromatic nitrogens is 2. The van der Waals surface area contributed by atoms with Crippen LogP contribution in [0.5, 0.6) is 0 Å². The highest BCUT2D eigenvalue weighted by Gasteiger charge is 2.36. The van der Waals surface area contributed by atoms with Gasteiger partial charge in [0.2, 0.25) is 11.9 Å². The van der Waals surface area contributed by atoms with Gasteiger partial charge < -0.3 is 30.1 Å². The third-order valence-electron chi connectivity index (χ3n) is 11.3. The minimum atomic E-state index is -1.21. The topological polar surface area (TPSA) is 134 Å². The highest BCUT2D eigenvalue weighted by Crippen LogP contribution is 2.31. The van der Waals surface area contributed by atoms with Crippen molar-refractivity contribution in [2.45, 2.75) is 62.0 Å². The fourth-order valence-corrected chi connectivity index (χ4v) is 9.55. The van der Waals surface area contributed by atoms with Crippen molar-refractivity contribution in [2.75, 3.05) is 81.1 Å². The molecule has 4 aliphatic rings. The molecule has 2 N–H and O–H groups in total. The van der Waals surface area contributed by atoms with Gasteiger partial charge in [0.05, 0.1) is 22.3 Å². The van der Waals surface area contributed by atoms with Crippen molar-refractivity contribution < 1.29 is 18.6 Å². The van der Waals surface area contributed by atoms with E-state index in [-0.39, 0.29) is 24.3 Å². The summed E-state index contributed by atoms with van der Waals surface area (Å²) >= 11 is 5.91. The van der Waals surface area contributed by atoms with Crippen LogP contribution in [0.1, 0.15) is 54.4 Å². The van der Waals surface area contributed by atoms with Gasteiger partial charge in [0, 0.05) is 102 Å². The quantitative estimate of drug-likeness (QED) is 0.247. The van der Waals surface area contributed by atoms with Crippen molar-refractivity contribution in [1.29, 1.82) is 0 Å². The van der Waals surface area contributed by atoms with Crippen LogP contribution in [0.3, 0.4) is 0 Å². The number of piperidine rings is 2. The predicted octanol–water partition coefficient (Wildman–Crippen LogP) is 3.82. The number of piperazine rings is 1. The molecule has 1 aromatic heterocycles. The van der Waals surface area contributed by atoms with Gasteiger partial charge in [0.25, 0.3) is 5.91 Å². The predicted molar refractivity (Wildman–Crippen MR) is 211 cm³/mol. The average molecular weight is 776 g/mol. The standard InChI is InChI=1S/C39H50ClN9O4S/c1-41-37(51)36(6-3-21-50)49-27-29-22-33(7-8-35(29)38(49)52)47-19-17-45(18-20-47)26-28-9-13-46(14-10-28)32-4-2-5-34(23-32)54(53)48-15-11-31(12-16-48)44-39-42-24-30(40)25-43-39/h2,4-5,7-8,21-25,28,31,36H,3,6,9-20,26-27H2,1H3,(H,41,51)(H,42,43,44). The molecule has 3 saturated heterocycles. The number of anilines is 3. The minimum absolute atomic E-state index is 0.151. The largest absolute Gasteiger partial charge is 0.371 e. The van der Waals surface area contributed by atoms with Crippen LogP contribution in [-0.4, -0.2) is 124 Å². The number of likely N-dealkylation sites (N-methyl/N-ethyl adjacent to an activating group) is 1. The number of benzene rings is 2. The molecule has 2 amide bonds. The molecular formula is C39H50ClN9O4S. The van der Waals surface area contributed by atoms with Gasteiger partial charge >= 0.3 is 0 Å². The lowest BCUT2D eigenvalue weighted by atomic mass is 9.95. The summed E-state index contributed by atoms with van der Waals surface area (Å²) in [6.07, 6.45) is 8.50. The summed E-state index contributed by atoms with van der Waals surface area (Å²) < 4.78 is 15.7. The zero-order valence-electron chi connectivity index (χ0n) is 30.9. The first-order valence-electron chi connectivity index (χ1n) is 19.1. The van der Waals surface area contributed by atoms with E-state index in [0.717, 1.165) is 113 Å². The van der Waals surface area contributed by atoms with Crippen LogP contribution in [0.25, 0.3) is 0 Å². The van der Waals surface area contributed by atoms with Crippen molar-refractivity contribution in [3.05, 3.63) is 71.0 Å². The molecule has 2 unspecified atom stereocenters. The normalized spacial score (nSPS) is 20.1. The smallest absolute Gasteiger partial charge is 0.255 e. The summed E-state index contributed by atoms with van der Waals surface area (Å²) in [5.41, 5.74) is 3.82. The average Bonchev–Trinajstić information content (AvgIpc) is 3.54. The summed E-state index contributed by atoms with van der Waals surface area (Å²) in [6, 6.07) is 13.9. The maximum absolute atomic E-state index is 13.6. The van der Waals surface area contributed by atoms with Gasteiger partial charge in [-0.2, -0.15) is 0 Å². The molecule has 3 aromatic rings. The fraction of sp³-hybridized carbons (Fsp3) is 0.513. The summed E-state index contributed by atoms with van der Waals surface area (Å²) in [5, 5.41) is 6.53. The number of aldehydes is 1. The number of hydrogen-bond donors (Lipinski definition) is 2. The molecule has 0 spiro atoms. The van der Waals surface area contributed by atoms with Crippen LogP contribution < -0.4 is 20.4 Å². The lowest BCUT2D eigenvalue weighted by Crippen LogP contribution is -2.49. The molecule has 0 aliphatic carbocycles. The first kappa shape index (κ1) is 38.2. The van der Waals surface area contributed by atoms with E-state index in [2.05, 4.69) is 57.8 Å². The fourth-order valence-electron chi connectivity index (χ4n) is 8.20. The maximum Gasteiger partial charge on any atom is 0.255 e. The second-order valence-electron chi connectivity index (χ2n) is 14.7. The molecule has 0 radical (unpaired) electrons. The number of carbonyl (C=O) groups is 3. The molecule has 54 heavy (non-hydrogen) atoms. The van der Waals surface area contributed by atoms with Crippen LogP contribution in [0.4, 0.5) is 17.3 Å². The van der Waals surface area contributed by atoms with E-state index in [0.29, 0.717) is 35.4 Å². The van der Waals surface area contributed by atoms with E-state index in [1.165, 1.54) is 0 Å². The highest BCUT2D eigenvalue weighted by molar-refractivity contribution is 7.82. The van der Waals surface area contributed by atoms with Gasteiger partial charge in [-0.3, -0.25) is 14.5 Å². The number of carbonyl (C=O) groups excluding carboxylic acids is 3. The number of nitrogens with one attached hydrogen (secondary N) is 2. The zero-order valence-corrected chi connectivity index (χ0v) is 32.4. The number of hydrogen-bond acceptors (Lipinski definition) is 10. The van der Waals surface area contributed by atoms with Crippen molar-refractivity contribution in [2.24, 2.45) is 5.92 Å². The number of rotatable bonds is 13. The van der Waals surface area contributed by atoms with Crippen molar-refractivity contribution in [3.8, 4) is 0 Å². The van der Waals surface area contributed by atoms with Gasteiger partial charge in [-0.25, -0.2) is 18.5 Å². The second-order valence-corrected chi connectivity index (χ2v) is 16.6. The molecule has 4 aliphatic heterocycles. The van der Waals surface area contributed by atoms with E-state index >= 15 is 0 Å². The Hall–Kier alpha value is -4.11. The van der Waals surface area contributed by atoms with Gasteiger partial charge in [0.1, 0.15) is 23.3 Å². The van der Waals surface area contributed by atoms with Crippen LogP contribution in [-0.2, 0) is 27.1 Å². The number of fused-ring (bicyclic) bond motifs is 1. The first-order chi connectivity index (χ1) is 26.3. The molecule has 15 heteroatoms. The minimum Gasteiger partial charge on any atom is -0.371 e. The Bertz CT molecular complexity index is 1810. The van der Waals surface area contributed by atoms with E-state index in [4.69, 9.17) is 11.6 Å². The van der Waals surface area contributed by atoms with Gasteiger partial charge in [-0.15, -0.1) is 0 Å². The lowest BCUT2D eigenvalue weighted by Gasteiger charge is -2.40. The zero-order chi connectivity index (χ0) is 37.6. The van der Waals surface area contributed by atoms with Crippen LogP contribution in [0.2, 0.25) is 5.02 Å². The summed E-state index contributed by atoms with van der Waals surface area (Å²) in [7, 11) is 0.348. The molecule has 2 atom stereocenters. The Morgan fingerprint density at radius 2 is 1.65 bits per heavy atom. The van der Waals surface area contributed by atoms with Gasteiger partial charge in [-0.05, 0) is 80.0 Å². The molecule has 5 heterocycles. The monoisotopic (exact) mass is 775 g/mol. The van der Waals surface area contributed by atoms with Gasteiger partial charge in [-0.1, -0.05) is 17.7 Å². The third-order valence-corrected chi connectivity index (χ3v) is 13.0. The number of amides is 2. The lowest BCUT2D eigenvalue weighted by molar-refractivity contribution is -0.125. The van der Waals surface area contributed by atoms with Gasteiger partial charge in [0.15, 0.2) is 0 Å². The number of nitrogens with zero attached hydrogens (tertiary/aromatic N) is 7. The Labute approximate surface area is 325 Å².